The average molecular weight is 313 g/mol. The molecule has 0 atom stereocenters. The highest BCUT2D eigenvalue weighted by molar-refractivity contribution is 6.30. The van der Waals surface area contributed by atoms with Crippen molar-refractivity contribution in [1.29, 1.82) is 0 Å². The Kier molecular flexibility index (Phi) is 3.02. The Morgan fingerprint density at radius 1 is 1.14 bits per heavy atom. The number of hydrogen-bond acceptors (Lipinski definition) is 3. The van der Waals surface area contributed by atoms with Crippen LogP contribution in [0.2, 0.25) is 5.02 Å². The number of alkyl halides is 3. The highest BCUT2D eigenvalue weighted by atomic mass is 35.5. The van der Waals surface area contributed by atoms with Gasteiger partial charge in [-0.1, -0.05) is 11.6 Å². The monoisotopic (exact) mass is 312 g/mol. The van der Waals surface area contributed by atoms with E-state index >= 15 is 0 Å². The molecule has 108 valence electrons. The Hall–Kier alpha value is -2.28. The van der Waals surface area contributed by atoms with E-state index in [4.69, 9.17) is 17.3 Å². The zero-order chi connectivity index (χ0) is 15.2. The summed E-state index contributed by atoms with van der Waals surface area (Å²) in [6, 6.07) is 3.44. The number of benzene rings is 1. The molecule has 1 aromatic carbocycles. The largest absolute Gasteiger partial charge is 0.416 e. The molecule has 2 aromatic heterocycles. The zero-order valence-electron chi connectivity index (χ0n) is 10.4. The van der Waals surface area contributed by atoms with Gasteiger partial charge < -0.3 is 5.73 Å². The van der Waals surface area contributed by atoms with E-state index in [0.717, 1.165) is 12.1 Å². The van der Waals surface area contributed by atoms with Gasteiger partial charge in [0.1, 0.15) is 0 Å². The maximum absolute atomic E-state index is 13.0. The lowest BCUT2D eigenvalue weighted by molar-refractivity contribution is -0.137. The molecule has 0 spiro atoms. The Morgan fingerprint density at radius 2 is 1.90 bits per heavy atom. The van der Waals surface area contributed by atoms with Gasteiger partial charge in [-0.05, 0) is 18.2 Å². The fourth-order valence-electron chi connectivity index (χ4n) is 2.09. The number of fused-ring (bicyclic) bond motifs is 1. The SMILES string of the molecule is Nc1cc(Cl)cnc1-c1cc(C(F)(F)F)cc2[nH]ncc12. The number of rotatable bonds is 1. The molecule has 0 aliphatic carbocycles. The van der Waals surface area contributed by atoms with Crippen LogP contribution in [0.15, 0.2) is 30.6 Å². The van der Waals surface area contributed by atoms with Gasteiger partial charge in [-0.2, -0.15) is 18.3 Å². The fraction of sp³-hybridized carbons (Fsp3) is 0.0769. The summed E-state index contributed by atoms with van der Waals surface area (Å²) < 4.78 is 38.9. The van der Waals surface area contributed by atoms with Crippen molar-refractivity contribution in [2.75, 3.05) is 5.73 Å². The van der Waals surface area contributed by atoms with Crippen LogP contribution in [0.1, 0.15) is 5.56 Å². The van der Waals surface area contributed by atoms with E-state index in [0.29, 0.717) is 10.4 Å². The lowest BCUT2D eigenvalue weighted by Gasteiger charge is -2.11. The normalized spacial score (nSPS) is 12.0. The number of aromatic nitrogens is 3. The number of nitrogens with two attached hydrogens (primary N) is 1. The zero-order valence-corrected chi connectivity index (χ0v) is 11.1. The number of nitrogen functional groups attached to an aromatic ring is 1. The molecule has 0 unspecified atom stereocenters. The lowest BCUT2D eigenvalue weighted by atomic mass is 10.0. The second kappa shape index (κ2) is 4.63. The van der Waals surface area contributed by atoms with Crippen molar-refractivity contribution >= 4 is 28.2 Å². The highest BCUT2D eigenvalue weighted by Gasteiger charge is 2.32. The van der Waals surface area contributed by atoms with Gasteiger partial charge in [0, 0.05) is 17.1 Å². The van der Waals surface area contributed by atoms with Crippen LogP contribution in [0.3, 0.4) is 0 Å². The smallest absolute Gasteiger partial charge is 0.397 e. The molecule has 21 heavy (non-hydrogen) atoms. The Labute approximate surface area is 121 Å². The molecule has 3 rings (SSSR count). The molecular weight excluding hydrogens is 305 g/mol. The summed E-state index contributed by atoms with van der Waals surface area (Å²) in [5, 5.41) is 7.12. The molecule has 4 nitrogen and oxygen atoms in total. The van der Waals surface area contributed by atoms with Gasteiger partial charge in [-0.3, -0.25) is 10.1 Å². The average Bonchev–Trinajstić information content (AvgIpc) is 2.85. The Balaban J connectivity index is 2.32. The first kappa shape index (κ1) is 13.7. The minimum Gasteiger partial charge on any atom is -0.397 e. The third-order valence-corrected chi connectivity index (χ3v) is 3.23. The van der Waals surface area contributed by atoms with Gasteiger partial charge in [0.2, 0.25) is 0 Å². The van der Waals surface area contributed by atoms with Gasteiger partial charge in [0.15, 0.2) is 0 Å². The van der Waals surface area contributed by atoms with E-state index in [-0.39, 0.29) is 22.5 Å². The molecule has 0 amide bonds. The predicted molar refractivity (Wildman–Crippen MR) is 73.7 cm³/mol. The summed E-state index contributed by atoms with van der Waals surface area (Å²) in [5.41, 5.74) is 5.96. The Bertz CT molecular complexity index is 826. The standard InChI is InChI=1S/C13H8ClF3N4/c14-7-3-10(18)12(19-4-7)8-1-6(13(15,16)17)2-11-9(8)5-20-21-11/h1-5H,18H2,(H,20,21). The molecule has 0 aliphatic rings. The third kappa shape index (κ3) is 2.40. The van der Waals surface area contributed by atoms with E-state index < -0.39 is 11.7 Å². The van der Waals surface area contributed by atoms with Crippen LogP contribution in [-0.2, 0) is 6.18 Å². The van der Waals surface area contributed by atoms with Crippen LogP contribution in [0.5, 0.6) is 0 Å². The van der Waals surface area contributed by atoms with Crippen molar-refractivity contribution in [2.24, 2.45) is 0 Å². The molecule has 0 aliphatic heterocycles. The summed E-state index contributed by atoms with van der Waals surface area (Å²) in [6.45, 7) is 0. The van der Waals surface area contributed by atoms with E-state index in [1.54, 1.807) is 0 Å². The number of nitrogens with one attached hydrogen (secondary N) is 1. The summed E-state index contributed by atoms with van der Waals surface area (Å²) in [6.07, 6.45) is -1.71. The fourth-order valence-corrected chi connectivity index (χ4v) is 2.26. The molecule has 2 heterocycles. The molecule has 0 radical (unpaired) electrons. The number of halogens is 4. The topological polar surface area (TPSA) is 67.6 Å². The number of H-pyrrole nitrogens is 1. The Morgan fingerprint density at radius 3 is 2.57 bits per heavy atom. The van der Waals surface area contributed by atoms with E-state index in [1.165, 1.54) is 18.5 Å². The van der Waals surface area contributed by atoms with Gasteiger partial charge in [-0.25, -0.2) is 0 Å². The number of hydrogen-bond donors (Lipinski definition) is 2. The summed E-state index contributed by atoms with van der Waals surface area (Å²) in [7, 11) is 0. The molecule has 0 fully saturated rings. The number of aromatic amines is 1. The molecule has 8 heteroatoms. The third-order valence-electron chi connectivity index (χ3n) is 3.02. The van der Waals surface area contributed by atoms with Crippen LogP contribution >= 0.6 is 11.6 Å². The molecule has 0 bridgehead atoms. The van der Waals surface area contributed by atoms with Crippen molar-refractivity contribution in [1.82, 2.24) is 15.2 Å². The number of anilines is 1. The maximum atomic E-state index is 13.0. The van der Waals surface area contributed by atoms with Crippen LogP contribution < -0.4 is 5.73 Å². The van der Waals surface area contributed by atoms with Crippen LogP contribution in [-0.4, -0.2) is 15.2 Å². The molecule has 0 saturated carbocycles. The summed E-state index contributed by atoms with van der Waals surface area (Å²) in [4.78, 5) is 4.03. The molecular formula is C13H8ClF3N4. The van der Waals surface area contributed by atoms with Crippen molar-refractivity contribution in [3.63, 3.8) is 0 Å². The van der Waals surface area contributed by atoms with Gasteiger partial charge in [-0.15, -0.1) is 0 Å². The van der Waals surface area contributed by atoms with Crippen molar-refractivity contribution < 1.29 is 13.2 Å². The first-order valence-corrected chi connectivity index (χ1v) is 6.20. The van der Waals surface area contributed by atoms with Crippen LogP contribution in [0, 0.1) is 0 Å². The quantitative estimate of drug-likeness (QED) is 0.716. The van der Waals surface area contributed by atoms with Crippen molar-refractivity contribution in [2.45, 2.75) is 6.18 Å². The van der Waals surface area contributed by atoms with Gasteiger partial charge >= 0.3 is 6.18 Å². The van der Waals surface area contributed by atoms with Crippen molar-refractivity contribution in [3.05, 3.63) is 41.2 Å². The van der Waals surface area contributed by atoms with E-state index in [9.17, 15) is 13.2 Å². The maximum Gasteiger partial charge on any atom is 0.416 e. The van der Waals surface area contributed by atoms with Crippen molar-refractivity contribution in [3.8, 4) is 11.3 Å². The first-order chi connectivity index (χ1) is 9.86. The summed E-state index contributed by atoms with van der Waals surface area (Å²) >= 11 is 5.76. The summed E-state index contributed by atoms with van der Waals surface area (Å²) in [5.74, 6) is 0. The minimum absolute atomic E-state index is 0.198. The van der Waals surface area contributed by atoms with E-state index in [2.05, 4.69) is 15.2 Å². The highest BCUT2D eigenvalue weighted by Crippen LogP contribution is 2.37. The van der Waals surface area contributed by atoms with Crippen LogP contribution in [0.25, 0.3) is 22.2 Å². The molecule has 0 saturated heterocycles. The second-order valence-corrected chi connectivity index (χ2v) is 4.88. The van der Waals surface area contributed by atoms with Gasteiger partial charge in [0.25, 0.3) is 0 Å². The number of pyridine rings is 1. The first-order valence-electron chi connectivity index (χ1n) is 5.82. The van der Waals surface area contributed by atoms with E-state index in [1.807, 2.05) is 0 Å². The lowest BCUT2D eigenvalue weighted by Crippen LogP contribution is -2.05. The molecule has 3 N–H and O–H groups in total. The minimum atomic E-state index is -4.48. The van der Waals surface area contributed by atoms with Gasteiger partial charge in [0.05, 0.1) is 33.7 Å². The molecule has 3 aromatic rings. The van der Waals surface area contributed by atoms with Crippen LogP contribution in [0.4, 0.5) is 18.9 Å². The number of nitrogens with zero attached hydrogens (tertiary/aromatic N) is 2. The second-order valence-electron chi connectivity index (χ2n) is 4.44. The predicted octanol–water partition coefficient (Wildman–Crippen LogP) is 3.88.